The Labute approximate surface area is 106 Å². The number of hydrogen-bond donors (Lipinski definition) is 1. The number of nitrogen functional groups attached to an aromatic ring is 1. The molecular weight excluding hydrogens is 234 g/mol. The van der Waals surface area contributed by atoms with Gasteiger partial charge in [-0.05, 0) is 19.5 Å². The van der Waals surface area contributed by atoms with E-state index in [0.29, 0.717) is 19.8 Å². The first-order chi connectivity index (χ1) is 8.56. The number of hydrogen-bond acceptors (Lipinski definition) is 5. The van der Waals surface area contributed by atoms with E-state index in [9.17, 15) is 10.1 Å². The van der Waals surface area contributed by atoms with Crippen molar-refractivity contribution < 1.29 is 9.66 Å². The van der Waals surface area contributed by atoms with Gasteiger partial charge in [0.1, 0.15) is 5.69 Å². The average Bonchev–Trinajstić information content (AvgIpc) is 2.32. The number of benzene rings is 1. The summed E-state index contributed by atoms with van der Waals surface area (Å²) in [6.45, 7) is 4.60. The molecule has 0 atom stereocenters. The summed E-state index contributed by atoms with van der Waals surface area (Å²) in [5.74, 6) is 0. The molecule has 0 saturated heterocycles. The van der Waals surface area contributed by atoms with Gasteiger partial charge in [-0.1, -0.05) is 12.1 Å². The fourth-order valence-electron chi connectivity index (χ4n) is 1.63. The Morgan fingerprint density at radius 2 is 2.22 bits per heavy atom. The van der Waals surface area contributed by atoms with Crippen molar-refractivity contribution in [2.24, 2.45) is 0 Å². The Hall–Kier alpha value is -1.66. The highest BCUT2D eigenvalue weighted by molar-refractivity contribution is 5.62. The molecule has 0 heterocycles. The predicted octanol–water partition coefficient (Wildman–Crippen LogP) is 1.65. The molecule has 1 aromatic carbocycles. The number of nitrogens with two attached hydrogens (primary N) is 1. The van der Waals surface area contributed by atoms with Crippen LogP contribution in [0.5, 0.6) is 0 Å². The second kappa shape index (κ2) is 6.93. The number of ether oxygens (including phenoxy) is 1. The van der Waals surface area contributed by atoms with Crippen molar-refractivity contribution in [2.45, 2.75) is 13.5 Å². The van der Waals surface area contributed by atoms with Crippen LogP contribution >= 0.6 is 0 Å². The molecule has 2 N–H and O–H groups in total. The minimum atomic E-state index is -0.459. The van der Waals surface area contributed by atoms with Crippen molar-refractivity contribution in [3.05, 3.63) is 33.9 Å². The third-order valence-electron chi connectivity index (χ3n) is 2.63. The van der Waals surface area contributed by atoms with Crippen LogP contribution in [0.15, 0.2) is 18.2 Å². The predicted molar refractivity (Wildman–Crippen MR) is 70.3 cm³/mol. The minimum Gasteiger partial charge on any atom is -0.393 e. The lowest BCUT2D eigenvalue weighted by molar-refractivity contribution is -0.384. The van der Waals surface area contributed by atoms with Crippen LogP contribution in [0.3, 0.4) is 0 Å². The van der Waals surface area contributed by atoms with Gasteiger partial charge in [0.15, 0.2) is 0 Å². The summed E-state index contributed by atoms with van der Waals surface area (Å²) in [6.07, 6.45) is 0. The van der Waals surface area contributed by atoms with E-state index in [1.54, 1.807) is 12.1 Å². The Balaban J connectivity index is 2.67. The first-order valence-corrected chi connectivity index (χ1v) is 5.84. The molecule has 0 aromatic heterocycles. The van der Waals surface area contributed by atoms with Crippen molar-refractivity contribution in [1.29, 1.82) is 0 Å². The van der Waals surface area contributed by atoms with Crippen LogP contribution < -0.4 is 5.73 Å². The number of nitro benzene ring substituents is 1. The van der Waals surface area contributed by atoms with Crippen molar-refractivity contribution >= 4 is 11.4 Å². The van der Waals surface area contributed by atoms with Gasteiger partial charge in [-0.15, -0.1) is 0 Å². The lowest BCUT2D eigenvalue weighted by Crippen LogP contribution is -2.23. The van der Waals surface area contributed by atoms with Crippen LogP contribution in [-0.4, -0.2) is 36.6 Å². The van der Waals surface area contributed by atoms with E-state index in [-0.39, 0.29) is 11.4 Å². The van der Waals surface area contributed by atoms with Gasteiger partial charge < -0.3 is 10.5 Å². The van der Waals surface area contributed by atoms with Crippen LogP contribution in [0.2, 0.25) is 0 Å². The van der Waals surface area contributed by atoms with Crippen molar-refractivity contribution in [3.63, 3.8) is 0 Å². The second-order valence-corrected chi connectivity index (χ2v) is 4.04. The molecule has 18 heavy (non-hydrogen) atoms. The molecule has 1 rings (SSSR count). The minimum absolute atomic E-state index is 0.0364. The highest BCUT2D eigenvalue weighted by Crippen LogP contribution is 2.25. The Morgan fingerprint density at radius 3 is 2.83 bits per heavy atom. The summed E-state index contributed by atoms with van der Waals surface area (Å²) in [5.41, 5.74) is 6.76. The lowest BCUT2D eigenvalue weighted by Gasteiger charge is -2.17. The number of likely N-dealkylation sites (N-methyl/N-ethyl adjacent to an activating group) is 1. The number of para-hydroxylation sites is 1. The maximum absolute atomic E-state index is 10.8. The first-order valence-electron chi connectivity index (χ1n) is 5.84. The van der Waals surface area contributed by atoms with E-state index in [1.165, 1.54) is 6.07 Å². The quantitative estimate of drug-likeness (QED) is 0.346. The standard InChI is InChI=1S/C12H19N3O3/c1-3-18-8-7-14(2)9-10-5-4-6-11(12(10)13)15(16)17/h4-6H,3,7-9,13H2,1-2H3. The molecule has 0 aliphatic carbocycles. The van der Waals surface area contributed by atoms with Gasteiger partial charge >= 0.3 is 0 Å². The van der Waals surface area contributed by atoms with Gasteiger partial charge in [0.05, 0.1) is 11.5 Å². The maximum Gasteiger partial charge on any atom is 0.292 e. The Bertz CT molecular complexity index is 410. The zero-order valence-corrected chi connectivity index (χ0v) is 10.8. The summed E-state index contributed by atoms with van der Waals surface area (Å²) in [6, 6.07) is 4.87. The molecule has 0 unspecified atom stereocenters. The highest BCUT2D eigenvalue weighted by Gasteiger charge is 2.14. The average molecular weight is 253 g/mol. The van der Waals surface area contributed by atoms with Crippen LogP contribution in [0.4, 0.5) is 11.4 Å². The zero-order chi connectivity index (χ0) is 13.5. The van der Waals surface area contributed by atoms with Crippen molar-refractivity contribution in [2.75, 3.05) is 32.5 Å². The van der Waals surface area contributed by atoms with Crippen LogP contribution in [0, 0.1) is 10.1 Å². The van der Waals surface area contributed by atoms with Gasteiger partial charge in [0, 0.05) is 25.8 Å². The molecule has 0 amide bonds. The van der Waals surface area contributed by atoms with Crippen LogP contribution in [-0.2, 0) is 11.3 Å². The summed E-state index contributed by atoms with van der Waals surface area (Å²) >= 11 is 0. The van der Waals surface area contributed by atoms with Crippen molar-refractivity contribution in [3.8, 4) is 0 Å². The smallest absolute Gasteiger partial charge is 0.292 e. The third-order valence-corrected chi connectivity index (χ3v) is 2.63. The first kappa shape index (κ1) is 14.4. The summed E-state index contributed by atoms with van der Waals surface area (Å²) < 4.78 is 5.25. The Morgan fingerprint density at radius 1 is 1.50 bits per heavy atom. The molecular formula is C12H19N3O3. The summed E-state index contributed by atoms with van der Waals surface area (Å²) in [4.78, 5) is 12.3. The van der Waals surface area contributed by atoms with E-state index >= 15 is 0 Å². The van der Waals surface area contributed by atoms with E-state index in [4.69, 9.17) is 10.5 Å². The SMILES string of the molecule is CCOCCN(C)Cc1cccc([N+](=O)[O-])c1N. The van der Waals surface area contributed by atoms with Gasteiger partial charge in [0.2, 0.25) is 0 Å². The van der Waals surface area contributed by atoms with E-state index in [0.717, 1.165) is 12.1 Å². The van der Waals surface area contributed by atoms with Gasteiger partial charge in [-0.3, -0.25) is 15.0 Å². The van der Waals surface area contributed by atoms with E-state index < -0.39 is 4.92 Å². The summed E-state index contributed by atoms with van der Waals surface area (Å²) in [7, 11) is 1.93. The molecule has 0 bridgehead atoms. The number of anilines is 1. The molecule has 0 aliphatic rings. The van der Waals surface area contributed by atoms with Gasteiger partial charge in [-0.2, -0.15) is 0 Å². The zero-order valence-electron chi connectivity index (χ0n) is 10.8. The van der Waals surface area contributed by atoms with Gasteiger partial charge in [0.25, 0.3) is 5.69 Å². The van der Waals surface area contributed by atoms with E-state index in [1.807, 2.05) is 18.9 Å². The highest BCUT2D eigenvalue weighted by atomic mass is 16.6. The normalized spacial score (nSPS) is 10.8. The fraction of sp³-hybridized carbons (Fsp3) is 0.500. The molecule has 0 aliphatic heterocycles. The number of rotatable bonds is 7. The molecule has 0 fully saturated rings. The van der Waals surface area contributed by atoms with Crippen LogP contribution in [0.1, 0.15) is 12.5 Å². The molecule has 6 heteroatoms. The Kier molecular flexibility index (Phi) is 5.54. The molecule has 0 radical (unpaired) electrons. The van der Waals surface area contributed by atoms with E-state index in [2.05, 4.69) is 0 Å². The molecule has 6 nitrogen and oxygen atoms in total. The topological polar surface area (TPSA) is 81.6 Å². The van der Waals surface area contributed by atoms with Crippen LogP contribution in [0.25, 0.3) is 0 Å². The van der Waals surface area contributed by atoms with Crippen molar-refractivity contribution in [1.82, 2.24) is 4.90 Å². The monoisotopic (exact) mass is 253 g/mol. The fourth-order valence-corrected chi connectivity index (χ4v) is 1.63. The molecule has 1 aromatic rings. The third kappa shape index (κ3) is 3.97. The van der Waals surface area contributed by atoms with Gasteiger partial charge in [-0.25, -0.2) is 0 Å². The largest absolute Gasteiger partial charge is 0.393 e. The summed E-state index contributed by atoms with van der Waals surface area (Å²) in [5, 5.41) is 10.8. The molecule has 0 saturated carbocycles. The second-order valence-electron chi connectivity index (χ2n) is 4.04. The molecule has 0 spiro atoms. The maximum atomic E-state index is 10.8. The lowest BCUT2D eigenvalue weighted by atomic mass is 10.1. The molecule has 100 valence electrons. The number of nitrogens with zero attached hydrogens (tertiary/aromatic N) is 2. The number of nitro groups is 1.